The second-order valence-corrected chi connectivity index (χ2v) is 4.49. The van der Waals surface area contributed by atoms with E-state index in [9.17, 15) is 0 Å². The zero-order valence-electron chi connectivity index (χ0n) is 10.7. The number of tetrazole rings is 1. The van der Waals surface area contributed by atoms with Gasteiger partial charge in [-0.15, -0.1) is 5.10 Å². The highest BCUT2D eigenvalue weighted by Crippen LogP contribution is 2.18. The summed E-state index contributed by atoms with van der Waals surface area (Å²) in [6.45, 7) is 4.87. The molecule has 1 aromatic carbocycles. The Morgan fingerprint density at radius 1 is 1.18 bits per heavy atom. The summed E-state index contributed by atoms with van der Waals surface area (Å²) in [5.74, 6) is 0.854. The standard InChI is InChI=1S/C12H17N5/c1-9-6-5-7-10(2)12(9)17-11(8-16(3)4)13-14-15-17/h5-7H,8H2,1-4H3. The van der Waals surface area contributed by atoms with Crippen molar-refractivity contribution in [2.75, 3.05) is 14.1 Å². The van der Waals surface area contributed by atoms with Crippen molar-refractivity contribution < 1.29 is 0 Å². The van der Waals surface area contributed by atoms with E-state index in [-0.39, 0.29) is 0 Å². The zero-order chi connectivity index (χ0) is 12.4. The molecule has 0 unspecified atom stereocenters. The first-order valence-electron chi connectivity index (χ1n) is 5.58. The van der Waals surface area contributed by atoms with Gasteiger partial charge in [0.2, 0.25) is 0 Å². The number of para-hydroxylation sites is 1. The van der Waals surface area contributed by atoms with Crippen LogP contribution in [0, 0.1) is 13.8 Å². The van der Waals surface area contributed by atoms with Gasteiger partial charge in [0.05, 0.1) is 12.2 Å². The first kappa shape index (κ1) is 11.7. The number of aromatic nitrogens is 4. The van der Waals surface area contributed by atoms with Crippen molar-refractivity contribution in [3.05, 3.63) is 35.2 Å². The molecule has 5 nitrogen and oxygen atoms in total. The Bertz CT molecular complexity index is 495. The number of hydrogen-bond acceptors (Lipinski definition) is 4. The van der Waals surface area contributed by atoms with Gasteiger partial charge in [0.1, 0.15) is 0 Å². The van der Waals surface area contributed by atoms with Gasteiger partial charge in [-0.1, -0.05) is 18.2 Å². The van der Waals surface area contributed by atoms with Gasteiger partial charge in [0, 0.05) is 0 Å². The molecule has 2 aromatic rings. The molecule has 0 atom stereocenters. The van der Waals surface area contributed by atoms with Crippen molar-refractivity contribution in [3.8, 4) is 5.69 Å². The number of hydrogen-bond donors (Lipinski definition) is 0. The van der Waals surface area contributed by atoms with E-state index >= 15 is 0 Å². The van der Waals surface area contributed by atoms with E-state index in [4.69, 9.17) is 0 Å². The average molecular weight is 231 g/mol. The second kappa shape index (κ2) is 4.63. The summed E-state index contributed by atoms with van der Waals surface area (Å²) in [6, 6.07) is 6.19. The van der Waals surface area contributed by atoms with E-state index in [1.807, 2.05) is 24.8 Å². The van der Waals surface area contributed by atoms with E-state index in [0.717, 1.165) is 18.1 Å². The van der Waals surface area contributed by atoms with Crippen LogP contribution in [0.5, 0.6) is 0 Å². The first-order valence-corrected chi connectivity index (χ1v) is 5.58. The summed E-state index contributed by atoms with van der Waals surface area (Å²) in [5.41, 5.74) is 3.43. The summed E-state index contributed by atoms with van der Waals surface area (Å²) < 4.78 is 1.82. The SMILES string of the molecule is Cc1cccc(C)c1-n1nnnc1CN(C)C. The van der Waals surface area contributed by atoms with Crippen LogP contribution in [-0.2, 0) is 6.54 Å². The molecular formula is C12H17N5. The van der Waals surface area contributed by atoms with Gasteiger partial charge in [-0.25, -0.2) is 0 Å². The summed E-state index contributed by atoms with van der Waals surface area (Å²) in [6.07, 6.45) is 0. The topological polar surface area (TPSA) is 46.8 Å². The van der Waals surface area contributed by atoms with E-state index in [1.165, 1.54) is 11.1 Å². The second-order valence-electron chi connectivity index (χ2n) is 4.49. The van der Waals surface area contributed by atoms with E-state index in [2.05, 4.69) is 46.4 Å². The Morgan fingerprint density at radius 2 is 1.82 bits per heavy atom. The normalized spacial score (nSPS) is 11.1. The minimum Gasteiger partial charge on any atom is -0.302 e. The van der Waals surface area contributed by atoms with Crippen LogP contribution in [-0.4, -0.2) is 39.2 Å². The molecule has 0 aliphatic heterocycles. The predicted molar refractivity (Wildman–Crippen MR) is 66.0 cm³/mol. The monoisotopic (exact) mass is 231 g/mol. The number of aryl methyl sites for hydroxylation is 2. The van der Waals surface area contributed by atoms with Crippen LogP contribution in [0.1, 0.15) is 17.0 Å². The lowest BCUT2D eigenvalue weighted by Gasteiger charge is -2.13. The van der Waals surface area contributed by atoms with Crippen LogP contribution in [0.2, 0.25) is 0 Å². The minimum absolute atomic E-state index is 0.723. The van der Waals surface area contributed by atoms with Crippen molar-refractivity contribution in [3.63, 3.8) is 0 Å². The predicted octanol–water partition coefficient (Wildman–Crippen LogP) is 1.34. The molecule has 17 heavy (non-hydrogen) atoms. The third-order valence-corrected chi connectivity index (χ3v) is 2.64. The largest absolute Gasteiger partial charge is 0.302 e. The number of nitrogens with zero attached hydrogens (tertiary/aromatic N) is 5. The number of rotatable bonds is 3. The Balaban J connectivity index is 2.50. The molecule has 0 bridgehead atoms. The molecule has 5 heteroatoms. The lowest BCUT2D eigenvalue weighted by molar-refractivity contribution is 0.385. The molecule has 0 aliphatic carbocycles. The molecule has 0 saturated carbocycles. The van der Waals surface area contributed by atoms with Crippen molar-refractivity contribution in [1.29, 1.82) is 0 Å². The van der Waals surface area contributed by atoms with Crippen molar-refractivity contribution in [2.24, 2.45) is 0 Å². The molecule has 0 amide bonds. The molecule has 0 fully saturated rings. The highest BCUT2D eigenvalue weighted by Gasteiger charge is 2.12. The fourth-order valence-electron chi connectivity index (χ4n) is 1.90. The summed E-state index contributed by atoms with van der Waals surface area (Å²) in [5, 5.41) is 11.9. The lowest BCUT2D eigenvalue weighted by atomic mass is 10.1. The molecule has 0 spiro atoms. The third kappa shape index (κ3) is 2.34. The average Bonchev–Trinajstić information content (AvgIpc) is 2.65. The third-order valence-electron chi connectivity index (χ3n) is 2.64. The van der Waals surface area contributed by atoms with Crippen LogP contribution >= 0.6 is 0 Å². The smallest absolute Gasteiger partial charge is 0.170 e. The van der Waals surface area contributed by atoms with Crippen LogP contribution in [0.3, 0.4) is 0 Å². The Hall–Kier alpha value is -1.75. The maximum Gasteiger partial charge on any atom is 0.170 e. The van der Waals surface area contributed by atoms with Gasteiger partial charge < -0.3 is 4.90 Å². The summed E-state index contributed by atoms with van der Waals surface area (Å²) in [7, 11) is 4.01. The maximum atomic E-state index is 4.09. The highest BCUT2D eigenvalue weighted by atomic mass is 15.5. The molecule has 0 N–H and O–H groups in total. The van der Waals surface area contributed by atoms with Crippen molar-refractivity contribution in [2.45, 2.75) is 20.4 Å². The van der Waals surface area contributed by atoms with E-state index < -0.39 is 0 Å². The molecule has 90 valence electrons. The molecule has 0 radical (unpaired) electrons. The van der Waals surface area contributed by atoms with Gasteiger partial charge in [-0.2, -0.15) is 4.68 Å². The van der Waals surface area contributed by atoms with Crippen LogP contribution < -0.4 is 0 Å². The van der Waals surface area contributed by atoms with Gasteiger partial charge in [-0.05, 0) is 49.5 Å². The highest BCUT2D eigenvalue weighted by molar-refractivity contribution is 5.46. The van der Waals surface area contributed by atoms with Gasteiger partial charge in [-0.3, -0.25) is 0 Å². The maximum absolute atomic E-state index is 4.09. The summed E-state index contributed by atoms with van der Waals surface area (Å²) >= 11 is 0. The Labute approximate surface area is 101 Å². The van der Waals surface area contributed by atoms with Gasteiger partial charge in [0.25, 0.3) is 0 Å². The van der Waals surface area contributed by atoms with E-state index in [0.29, 0.717) is 0 Å². The fourth-order valence-corrected chi connectivity index (χ4v) is 1.90. The molecule has 0 aliphatic rings. The van der Waals surface area contributed by atoms with Gasteiger partial charge in [0.15, 0.2) is 5.82 Å². The zero-order valence-corrected chi connectivity index (χ0v) is 10.7. The molecular weight excluding hydrogens is 214 g/mol. The number of benzene rings is 1. The van der Waals surface area contributed by atoms with Crippen LogP contribution in [0.15, 0.2) is 18.2 Å². The van der Waals surface area contributed by atoms with Crippen LogP contribution in [0.25, 0.3) is 5.69 Å². The Kier molecular flexibility index (Phi) is 3.19. The Morgan fingerprint density at radius 3 is 2.41 bits per heavy atom. The van der Waals surface area contributed by atoms with Crippen LogP contribution in [0.4, 0.5) is 0 Å². The first-order chi connectivity index (χ1) is 8.09. The molecule has 2 rings (SSSR count). The minimum atomic E-state index is 0.723. The van der Waals surface area contributed by atoms with Crippen molar-refractivity contribution >= 4 is 0 Å². The molecule has 0 saturated heterocycles. The summed E-state index contributed by atoms with van der Waals surface area (Å²) in [4.78, 5) is 2.05. The van der Waals surface area contributed by atoms with Gasteiger partial charge >= 0.3 is 0 Å². The molecule has 1 aromatic heterocycles. The van der Waals surface area contributed by atoms with E-state index in [1.54, 1.807) is 0 Å². The fraction of sp³-hybridized carbons (Fsp3) is 0.417. The molecule has 1 heterocycles. The quantitative estimate of drug-likeness (QED) is 0.799. The lowest BCUT2D eigenvalue weighted by Crippen LogP contribution is -2.16. The van der Waals surface area contributed by atoms with Crippen molar-refractivity contribution in [1.82, 2.24) is 25.1 Å².